The quantitative estimate of drug-likeness (QED) is 0.403. The smallest absolute Gasteiger partial charge is 0.258 e. The molecule has 176 valence electrons. The van der Waals surface area contributed by atoms with Crippen molar-refractivity contribution in [3.8, 4) is 34.9 Å². The molecule has 2 aromatic carbocycles. The molecular formula is C23H22BrN5O5. The average Bonchev–Trinajstić information content (AvgIpc) is 2.85. The Bertz CT molecular complexity index is 1210. The summed E-state index contributed by atoms with van der Waals surface area (Å²) in [6.07, 6.45) is 1.52. The van der Waals surface area contributed by atoms with Gasteiger partial charge in [-0.15, -0.1) is 0 Å². The Morgan fingerprint density at radius 1 is 1.12 bits per heavy atom. The first-order valence-electron chi connectivity index (χ1n) is 9.90. The molecule has 0 atom stereocenters. The van der Waals surface area contributed by atoms with Crippen LogP contribution in [0.25, 0.3) is 0 Å². The van der Waals surface area contributed by atoms with E-state index in [4.69, 9.17) is 24.2 Å². The first-order valence-corrected chi connectivity index (χ1v) is 10.7. The fraction of sp³-hybridized carbons (Fsp3) is 0.217. The Kier molecular flexibility index (Phi) is 8.10. The zero-order chi connectivity index (χ0) is 24.7. The number of aromatic nitrogens is 2. The third-order valence-electron chi connectivity index (χ3n) is 4.61. The maximum atomic E-state index is 12.7. The van der Waals surface area contributed by atoms with Crippen molar-refractivity contribution in [1.29, 1.82) is 5.26 Å². The van der Waals surface area contributed by atoms with Crippen LogP contribution in [0.3, 0.4) is 0 Å². The second-order valence-corrected chi connectivity index (χ2v) is 7.66. The summed E-state index contributed by atoms with van der Waals surface area (Å²) in [5.74, 6) is 1.75. The highest BCUT2D eigenvalue weighted by Crippen LogP contribution is 2.40. The number of nitrogens with one attached hydrogen (secondary N) is 1. The molecule has 0 unspecified atom stereocenters. The van der Waals surface area contributed by atoms with Crippen LogP contribution < -0.4 is 24.3 Å². The molecule has 10 nitrogen and oxygen atoms in total. The van der Waals surface area contributed by atoms with Gasteiger partial charge in [0.25, 0.3) is 5.91 Å². The minimum absolute atomic E-state index is 0.0484. The first kappa shape index (κ1) is 24.6. The number of nitriles is 1. The van der Waals surface area contributed by atoms with Crippen molar-refractivity contribution in [2.45, 2.75) is 0 Å². The summed E-state index contributed by atoms with van der Waals surface area (Å²) in [6, 6.07) is 12.1. The number of carbonyl (C=O) groups is 1. The van der Waals surface area contributed by atoms with Gasteiger partial charge >= 0.3 is 0 Å². The van der Waals surface area contributed by atoms with E-state index < -0.39 is 0 Å². The Labute approximate surface area is 205 Å². The molecule has 0 saturated carbocycles. The number of para-hydroxylation sites is 1. The van der Waals surface area contributed by atoms with Gasteiger partial charge in [-0.05, 0) is 28.1 Å². The van der Waals surface area contributed by atoms with Crippen molar-refractivity contribution in [3.05, 3.63) is 52.6 Å². The molecule has 0 aliphatic rings. The number of nitrogens with zero attached hydrogens (tertiary/aromatic N) is 4. The summed E-state index contributed by atoms with van der Waals surface area (Å²) >= 11 is 3.38. The normalized spacial score (nSPS) is 10.1. The lowest BCUT2D eigenvalue weighted by Crippen LogP contribution is -2.27. The summed E-state index contributed by atoms with van der Waals surface area (Å²) in [4.78, 5) is 22.7. The average molecular weight is 528 g/mol. The third kappa shape index (κ3) is 5.47. The molecule has 1 heterocycles. The van der Waals surface area contributed by atoms with Crippen LogP contribution in [0.5, 0.6) is 28.9 Å². The molecule has 0 fully saturated rings. The Morgan fingerprint density at radius 3 is 2.41 bits per heavy atom. The topological polar surface area (TPSA) is 119 Å². The monoisotopic (exact) mass is 527 g/mol. The van der Waals surface area contributed by atoms with Crippen molar-refractivity contribution in [1.82, 2.24) is 14.9 Å². The van der Waals surface area contributed by atoms with Crippen molar-refractivity contribution >= 4 is 33.5 Å². The molecule has 0 bridgehead atoms. The molecule has 0 radical (unpaired) electrons. The van der Waals surface area contributed by atoms with Crippen molar-refractivity contribution in [2.75, 3.05) is 40.2 Å². The third-order valence-corrected chi connectivity index (χ3v) is 5.16. The molecule has 1 N–H and O–H groups in total. The van der Waals surface area contributed by atoms with E-state index >= 15 is 0 Å². The molecule has 11 heteroatoms. The number of rotatable bonds is 9. The molecule has 3 aromatic rings. The predicted molar refractivity (Wildman–Crippen MR) is 128 cm³/mol. The lowest BCUT2D eigenvalue weighted by atomic mass is 10.2. The van der Waals surface area contributed by atoms with E-state index in [-0.39, 0.29) is 30.0 Å². The van der Waals surface area contributed by atoms with E-state index in [1.165, 1.54) is 32.4 Å². The zero-order valence-corrected chi connectivity index (χ0v) is 20.5. The summed E-state index contributed by atoms with van der Waals surface area (Å²) < 4.78 is 22.5. The minimum Gasteiger partial charge on any atom is -0.493 e. The Morgan fingerprint density at radius 2 is 1.79 bits per heavy atom. The van der Waals surface area contributed by atoms with Crippen LogP contribution in [-0.4, -0.2) is 55.7 Å². The van der Waals surface area contributed by atoms with Crippen LogP contribution in [0.4, 0.5) is 11.6 Å². The van der Waals surface area contributed by atoms with E-state index in [0.717, 1.165) is 0 Å². The van der Waals surface area contributed by atoms with Gasteiger partial charge in [0.05, 0.1) is 43.6 Å². The molecule has 0 aliphatic carbocycles. The molecule has 0 saturated heterocycles. The minimum atomic E-state index is -0.349. The number of anilines is 2. The van der Waals surface area contributed by atoms with Crippen molar-refractivity contribution < 1.29 is 23.7 Å². The number of benzene rings is 2. The van der Waals surface area contributed by atoms with Crippen LogP contribution in [0.15, 0.2) is 47.1 Å². The molecule has 3 rings (SSSR count). The Balaban J connectivity index is 1.91. The van der Waals surface area contributed by atoms with E-state index in [1.807, 2.05) is 6.07 Å². The van der Waals surface area contributed by atoms with E-state index in [9.17, 15) is 4.79 Å². The SMILES string of the molecule is COc1cc(Nc2ncc(Br)c(Oc3ccccc3C(=O)N(C)CC#N)n2)cc(OC)c1OC. The van der Waals surface area contributed by atoms with Gasteiger partial charge in [-0.25, -0.2) is 4.98 Å². The summed E-state index contributed by atoms with van der Waals surface area (Å²) in [7, 11) is 6.11. The summed E-state index contributed by atoms with van der Waals surface area (Å²) in [5.41, 5.74) is 0.890. The summed E-state index contributed by atoms with van der Waals surface area (Å²) in [5, 5.41) is 12.0. The lowest BCUT2D eigenvalue weighted by Gasteiger charge is -2.17. The second kappa shape index (κ2) is 11.2. The van der Waals surface area contributed by atoms with Crippen LogP contribution in [0, 0.1) is 11.3 Å². The maximum Gasteiger partial charge on any atom is 0.258 e. The van der Waals surface area contributed by atoms with Crippen LogP contribution >= 0.6 is 15.9 Å². The van der Waals surface area contributed by atoms with Crippen LogP contribution in [-0.2, 0) is 0 Å². The molecule has 0 spiro atoms. The number of hydrogen-bond donors (Lipinski definition) is 1. The largest absolute Gasteiger partial charge is 0.493 e. The van der Waals surface area contributed by atoms with E-state index in [1.54, 1.807) is 43.4 Å². The van der Waals surface area contributed by atoms with Gasteiger partial charge in [-0.2, -0.15) is 10.2 Å². The number of ether oxygens (including phenoxy) is 4. The van der Waals surface area contributed by atoms with Gasteiger partial charge in [0, 0.05) is 24.9 Å². The molecule has 34 heavy (non-hydrogen) atoms. The lowest BCUT2D eigenvalue weighted by molar-refractivity contribution is 0.0809. The highest BCUT2D eigenvalue weighted by Gasteiger charge is 2.19. The van der Waals surface area contributed by atoms with Gasteiger partial charge in [0.2, 0.25) is 17.6 Å². The molecule has 0 aliphatic heterocycles. The molecule has 1 aromatic heterocycles. The van der Waals surface area contributed by atoms with Crippen molar-refractivity contribution in [3.63, 3.8) is 0 Å². The zero-order valence-electron chi connectivity index (χ0n) is 19.0. The number of hydrogen-bond acceptors (Lipinski definition) is 9. The number of methoxy groups -OCH3 is 3. The van der Waals surface area contributed by atoms with Gasteiger partial charge in [-0.1, -0.05) is 12.1 Å². The fourth-order valence-corrected chi connectivity index (χ4v) is 3.26. The van der Waals surface area contributed by atoms with E-state index in [2.05, 4.69) is 31.2 Å². The first-order chi connectivity index (χ1) is 16.4. The second-order valence-electron chi connectivity index (χ2n) is 6.80. The number of halogens is 1. The molecule has 1 amide bonds. The maximum absolute atomic E-state index is 12.7. The Hall–Kier alpha value is -4.04. The fourth-order valence-electron chi connectivity index (χ4n) is 2.99. The molecular weight excluding hydrogens is 506 g/mol. The van der Waals surface area contributed by atoms with Gasteiger partial charge in [0.1, 0.15) is 12.3 Å². The number of amides is 1. The predicted octanol–water partition coefficient (Wildman–Crippen LogP) is 4.40. The van der Waals surface area contributed by atoms with Gasteiger partial charge in [0.15, 0.2) is 11.5 Å². The van der Waals surface area contributed by atoms with E-state index in [0.29, 0.717) is 33.0 Å². The highest BCUT2D eigenvalue weighted by atomic mass is 79.9. The summed E-state index contributed by atoms with van der Waals surface area (Å²) in [6.45, 7) is -0.0484. The van der Waals surface area contributed by atoms with Crippen LogP contribution in [0.1, 0.15) is 10.4 Å². The van der Waals surface area contributed by atoms with Gasteiger partial charge in [-0.3, -0.25) is 4.79 Å². The highest BCUT2D eigenvalue weighted by molar-refractivity contribution is 9.10. The van der Waals surface area contributed by atoms with Crippen LogP contribution in [0.2, 0.25) is 0 Å². The van der Waals surface area contributed by atoms with Crippen molar-refractivity contribution in [2.24, 2.45) is 0 Å². The number of carbonyl (C=O) groups excluding carboxylic acids is 1. The standard InChI is InChI=1S/C23H22BrN5O5/c1-29(10-9-25)22(30)15-7-5-6-8-17(15)34-21-16(24)13-26-23(28-21)27-14-11-18(31-2)20(33-4)19(12-14)32-3/h5-8,11-13H,10H2,1-4H3,(H,26,27,28). The van der Waals surface area contributed by atoms with Gasteiger partial charge < -0.3 is 29.2 Å².